The third kappa shape index (κ3) is 4.38. The van der Waals surface area contributed by atoms with E-state index < -0.39 is 0 Å². The van der Waals surface area contributed by atoms with Gasteiger partial charge < -0.3 is 9.64 Å². The first-order valence-corrected chi connectivity index (χ1v) is 12.3. The van der Waals surface area contributed by atoms with Crippen molar-refractivity contribution in [3.05, 3.63) is 114 Å². The molecule has 4 heteroatoms. The minimum atomic E-state index is -0.270. The van der Waals surface area contributed by atoms with E-state index in [0.29, 0.717) is 24.8 Å². The molecule has 174 valence electrons. The van der Waals surface area contributed by atoms with Crippen LogP contribution in [0, 0.1) is 5.92 Å². The molecule has 1 aliphatic heterocycles. The molecule has 5 rings (SSSR count). The molecule has 3 aromatic rings. The summed E-state index contributed by atoms with van der Waals surface area (Å²) < 4.78 is 5.62. The van der Waals surface area contributed by atoms with Gasteiger partial charge >= 0.3 is 6.09 Å². The highest BCUT2D eigenvalue weighted by molar-refractivity contribution is 5.70. The molecule has 1 amide bonds. The van der Waals surface area contributed by atoms with E-state index in [1.807, 2.05) is 35.2 Å². The zero-order valence-electron chi connectivity index (χ0n) is 19.6. The Morgan fingerprint density at radius 2 is 1.32 bits per heavy atom. The van der Waals surface area contributed by atoms with Crippen LogP contribution in [0.2, 0.25) is 0 Å². The SMILES string of the molecule is O=C(Oc1ccccc1)N1CCN(C(c2ccccc2)(c2ccccc2)C2C=CCCC2)CC1. The number of allylic oxidation sites excluding steroid dienone is 1. The van der Waals surface area contributed by atoms with Crippen molar-refractivity contribution in [2.45, 2.75) is 24.8 Å². The normalized spacial score (nSPS) is 19.1. The molecule has 1 fully saturated rings. The summed E-state index contributed by atoms with van der Waals surface area (Å²) >= 11 is 0. The second-order valence-corrected chi connectivity index (χ2v) is 9.12. The number of hydrogen-bond acceptors (Lipinski definition) is 3. The molecule has 0 aromatic heterocycles. The number of carbonyl (C=O) groups excluding carboxylic acids is 1. The highest BCUT2D eigenvalue weighted by Gasteiger charge is 2.47. The summed E-state index contributed by atoms with van der Waals surface area (Å²) in [5, 5.41) is 0. The van der Waals surface area contributed by atoms with E-state index in [2.05, 4.69) is 77.7 Å². The predicted octanol–water partition coefficient (Wildman–Crippen LogP) is 6.10. The van der Waals surface area contributed by atoms with Gasteiger partial charge in [0.1, 0.15) is 5.75 Å². The molecule has 4 nitrogen and oxygen atoms in total. The number of nitrogens with zero attached hydrogens (tertiary/aromatic N) is 2. The van der Waals surface area contributed by atoms with Crippen LogP contribution in [0.1, 0.15) is 30.4 Å². The maximum absolute atomic E-state index is 12.8. The van der Waals surface area contributed by atoms with Crippen LogP contribution in [0.25, 0.3) is 0 Å². The molecular weight excluding hydrogens is 420 g/mol. The molecule has 0 spiro atoms. The Labute approximate surface area is 202 Å². The van der Waals surface area contributed by atoms with Gasteiger partial charge in [-0.25, -0.2) is 4.79 Å². The van der Waals surface area contributed by atoms with E-state index >= 15 is 0 Å². The smallest absolute Gasteiger partial charge is 0.410 e. The summed E-state index contributed by atoms with van der Waals surface area (Å²) in [7, 11) is 0. The van der Waals surface area contributed by atoms with Gasteiger partial charge in [-0.2, -0.15) is 0 Å². The minimum absolute atomic E-state index is 0.269. The molecule has 1 saturated heterocycles. The summed E-state index contributed by atoms with van der Waals surface area (Å²) in [6, 6.07) is 31.2. The molecule has 0 radical (unpaired) electrons. The predicted molar refractivity (Wildman–Crippen MR) is 136 cm³/mol. The fraction of sp³-hybridized carbons (Fsp3) is 0.300. The Kier molecular flexibility index (Phi) is 6.77. The Hall–Kier alpha value is -3.37. The average molecular weight is 453 g/mol. The van der Waals surface area contributed by atoms with Crippen molar-refractivity contribution in [1.29, 1.82) is 0 Å². The molecule has 3 aromatic carbocycles. The van der Waals surface area contributed by atoms with Crippen molar-refractivity contribution in [2.24, 2.45) is 5.92 Å². The number of amides is 1. The van der Waals surface area contributed by atoms with Gasteiger partial charge in [-0.15, -0.1) is 0 Å². The molecule has 1 heterocycles. The quantitative estimate of drug-likeness (QED) is 0.438. The molecule has 0 saturated carbocycles. The fourth-order valence-electron chi connectivity index (χ4n) is 5.64. The molecule has 0 bridgehead atoms. The van der Waals surface area contributed by atoms with Crippen LogP contribution in [0.5, 0.6) is 5.75 Å². The summed E-state index contributed by atoms with van der Waals surface area (Å²) in [6.45, 7) is 2.86. The molecule has 1 atom stereocenters. The first-order chi connectivity index (χ1) is 16.8. The molecule has 1 unspecified atom stereocenters. The molecule has 1 aliphatic carbocycles. The lowest BCUT2D eigenvalue weighted by atomic mass is 9.68. The van der Waals surface area contributed by atoms with Crippen molar-refractivity contribution in [1.82, 2.24) is 9.80 Å². The standard InChI is InChI=1S/C30H32N2O2/c33-29(34-28-19-11-4-12-20-28)31-21-23-32(24-22-31)30(25-13-5-1-6-14-25,26-15-7-2-8-16-26)27-17-9-3-10-18-27/h1-2,4-9,11-17,19-20,27H,3,10,18,21-24H2. The highest BCUT2D eigenvalue weighted by Crippen LogP contribution is 2.46. The number of para-hydroxylation sites is 1. The zero-order valence-corrected chi connectivity index (χ0v) is 19.6. The maximum atomic E-state index is 12.8. The maximum Gasteiger partial charge on any atom is 0.415 e. The highest BCUT2D eigenvalue weighted by atomic mass is 16.6. The van der Waals surface area contributed by atoms with Gasteiger partial charge in [0.05, 0.1) is 5.54 Å². The van der Waals surface area contributed by atoms with Crippen molar-refractivity contribution >= 4 is 6.09 Å². The topological polar surface area (TPSA) is 32.8 Å². The van der Waals surface area contributed by atoms with E-state index in [9.17, 15) is 4.79 Å². The van der Waals surface area contributed by atoms with E-state index in [4.69, 9.17) is 4.74 Å². The van der Waals surface area contributed by atoms with Crippen molar-refractivity contribution in [3.63, 3.8) is 0 Å². The van der Waals surface area contributed by atoms with Crippen LogP contribution in [0.15, 0.2) is 103 Å². The Balaban J connectivity index is 1.46. The Morgan fingerprint density at radius 3 is 1.85 bits per heavy atom. The lowest BCUT2D eigenvalue weighted by molar-refractivity contribution is 0.0277. The van der Waals surface area contributed by atoms with Crippen LogP contribution < -0.4 is 4.74 Å². The van der Waals surface area contributed by atoms with Gasteiger partial charge in [0.15, 0.2) is 0 Å². The second kappa shape index (κ2) is 10.3. The molecular formula is C30H32N2O2. The summed E-state index contributed by atoms with van der Waals surface area (Å²) in [5.41, 5.74) is 2.37. The fourth-order valence-corrected chi connectivity index (χ4v) is 5.64. The van der Waals surface area contributed by atoms with Crippen LogP contribution in [0.3, 0.4) is 0 Å². The number of piperazine rings is 1. The van der Waals surface area contributed by atoms with Gasteiger partial charge in [0.2, 0.25) is 0 Å². The third-order valence-electron chi connectivity index (χ3n) is 7.20. The lowest BCUT2D eigenvalue weighted by Crippen LogP contribution is -2.59. The van der Waals surface area contributed by atoms with Gasteiger partial charge in [-0.1, -0.05) is 91.0 Å². The molecule has 0 N–H and O–H groups in total. The number of carbonyl (C=O) groups is 1. The average Bonchev–Trinajstić information content (AvgIpc) is 2.92. The number of hydrogen-bond donors (Lipinski definition) is 0. The van der Waals surface area contributed by atoms with Gasteiger partial charge in [-0.05, 0) is 42.5 Å². The van der Waals surface area contributed by atoms with E-state index in [-0.39, 0.29) is 11.6 Å². The van der Waals surface area contributed by atoms with E-state index in [1.165, 1.54) is 17.5 Å². The van der Waals surface area contributed by atoms with Crippen LogP contribution in [0.4, 0.5) is 4.79 Å². The van der Waals surface area contributed by atoms with Gasteiger partial charge in [0.25, 0.3) is 0 Å². The van der Waals surface area contributed by atoms with Crippen molar-refractivity contribution in [3.8, 4) is 5.75 Å². The monoisotopic (exact) mass is 452 g/mol. The molecule has 34 heavy (non-hydrogen) atoms. The molecule has 2 aliphatic rings. The van der Waals surface area contributed by atoms with Crippen molar-refractivity contribution < 1.29 is 9.53 Å². The minimum Gasteiger partial charge on any atom is -0.410 e. The summed E-state index contributed by atoms with van der Waals surface area (Å²) in [6.07, 6.45) is 8.01. The van der Waals surface area contributed by atoms with Crippen LogP contribution in [-0.2, 0) is 5.54 Å². The van der Waals surface area contributed by atoms with Crippen molar-refractivity contribution in [2.75, 3.05) is 26.2 Å². The third-order valence-corrected chi connectivity index (χ3v) is 7.20. The Bertz CT molecular complexity index is 1050. The van der Waals surface area contributed by atoms with Crippen LogP contribution >= 0.6 is 0 Å². The van der Waals surface area contributed by atoms with Gasteiger partial charge in [-0.3, -0.25) is 4.90 Å². The largest absolute Gasteiger partial charge is 0.415 e. The number of rotatable bonds is 5. The first kappa shape index (κ1) is 22.4. The van der Waals surface area contributed by atoms with Gasteiger partial charge in [0, 0.05) is 32.1 Å². The number of ether oxygens (including phenoxy) is 1. The second-order valence-electron chi connectivity index (χ2n) is 9.12. The lowest BCUT2D eigenvalue weighted by Gasteiger charge is -2.52. The van der Waals surface area contributed by atoms with E-state index in [1.54, 1.807) is 0 Å². The van der Waals surface area contributed by atoms with Crippen LogP contribution in [-0.4, -0.2) is 42.1 Å². The summed E-state index contributed by atoms with van der Waals surface area (Å²) in [5.74, 6) is 0.957. The summed E-state index contributed by atoms with van der Waals surface area (Å²) in [4.78, 5) is 17.3. The Morgan fingerprint density at radius 1 is 0.765 bits per heavy atom. The first-order valence-electron chi connectivity index (χ1n) is 12.3. The van der Waals surface area contributed by atoms with E-state index in [0.717, 1.165) is 25.9 Å². The zero-order chi connectivity index (χ0) is 23.2. The number of benzene rings is 3.